The largest absolute Gasteiger partial charge is 0.478 e. The smallest absolute Gasteiger partial charge is 0.338 e. The topological polar surface area (TPSA) is 82.2 Å². The van der Waals surface area contributed by atoms with Gasteiger partial charge < -0.3 is 15.4 Å². The van der Waals surface area contributed by atoms with Gasteiger partial charge in [0.2, 0.25) is 0 Å². The molecule has 0 aliphatic heterocycles. The number of pyridine rings is 1. The molecule has 0 amide bonds. The number of carbonyl (C=O) groups is 1. The van der Waals surface area contributed by atoms with Crippen molar-refractivity contribution in [2.75, 3.05) is 5.32 Å². The zero-order valence-electron chi connectivity index (χ0n) is 11.0. The van der Waals surface area contributed by atoms with Gasteiger partial charge in [-0.25, -0.2) is 4.79 Å². The highest BCUT2D eigenvalue weighted by Crippen LogP contribution is 2.24. The Hall–Kier alpha value is -3.08. The molecule has 5 heteroatoms. The monoisotopic (exact) mass is 280 g/mol. The van der Waals surface area contributed by atoms with Gasteiger partial charge in [-0.15, -0.1) is 0 Å². The average molecular weight is 280 g/mol. The van der Waals surface area contributed by atoms with Crippen molar-refractivity contribution < 1.29 is 9.90 Å². The number of H-pyrrole nitrogens is 1. The van der Waals surface area contributed by atoms with Crippen LogP contribution in [0.25, 0.3) is 10.9 Å². The van der Waals surface area contributed by atoms with Crippen LogP contribution in [-0.4, -0.2) is 16.1 Å². The molecule has 0 saturated heterocycles. The SMILES string of the molecule is O=C(O)c1c(Nc2ccccc2)c(=O)[nH]c2ccccc12. The van der Waals surface area contributed by atoms with Crippen molar-refractivity contribution >= 4 is 28.2 Å². The maximum atomic E-state index is 12.2. The molecule has 104 valence electrons. The second kappa shape index (κ2) is 5.13. The Morgan fingerprint density at radius 1 is 1.00 bits per heavy atom. The lowest BCUT2D eigenvalue weighted by Crippen LogP contribution is -2.17. The van der Waals surface area contributed by atoms with Gasteiger partial charge in [-0.3, -0.25) is 4.79 Å². The summed E-state index contributed by atoms with van der Waals surface area (Å²) in [6.45, 7) is 0. The number of aromatic amines is 1. The molecule has 0 atom stereocenters. The van der Waals surface area contributed by atoms with Crippen LogP contribution in [0.5, 0.6) is 0 Å². The molecule has 0 fully saturated rings. The number of rotatable bonds is 3. The molecule has 0 radical (unpaired) electrons. The standard InChI is InChI=1S/C16H12N2O3/c19-15-14(17-10-6-2-1-3-7-10)13(16(20)21)11-8-4-5-9-12(11)18-15/h1-9,17H,(H,18,19)(H,20,21). The average Bonchev–Trinajstić information content (AvgIpc) is 2.48. The first-order chi connectivity index (χ1) is 10.2. The molecule has 3 N–H and O–H groups in total. The number of hydrogen-bond donors (Lipinski definition) is 3. The minimum Gasteiger partial charge on any atom is -0.478 e. The van der Waals surface area contributed by atoms with Gasteiger partial charge in [-0.2, -0.15) is 0 Å². The fourth-order valence-electron chi connectivity index (χ4n) is 2.25. The van der Waals surface area contributed by atoms with E-state index >= 15 is 0 Å². The Balaban J connectivity index is 2.26. The Bertz CT molecular complexity index is 870. The van der Waals surface area contributed by atoms with Crippen molar-refractivity contribution in [1.29, 1.82) is 0 Å². The highest BCUT2D eigenvalue weighted by molar-refractivity contribution is 6.07. The van der Waals surface area contributed by atoms with Crippen molar-refractivity contribution in [3.8, 4) is 0 Å². The van der Waals surface area contributed by atoms with E-state index in [4.69, 9.17) is 0 Å². The van der Waals surface area contributed by atoms with Crippen molar-refractivity contribution in [2.24, 2.45) is 0 Å². The van der Waals surface area contributed by atoms with E-state index in [1.165, 1.54) is 0 Å². The first-order valence-electron chi connectivity index (χ1n) is 6.37. The third-order valence-corrected chi connectivity index (χ3v) is 3.18. The Morgan fingerprint density at radius 3 is 2.38 bits per heavy atom. The number of para-hydroxylation sites is 2. The minimum atomic E-state index is -1.14. The summed E-state index contributed by atoms with van der Waals surface area (Å²) >= 11 is 0. The molecular formula is C16H12N2O3. The molecule has 0 aliphatic rings. The van der Waals surface area contributed by atoms with Gasteiger partial charge in [0.05, 0.1) is 5.56 Å². The number of fused-ring (bicyclic) bond motifs is 1. The van der Waals surface area contributed by atoms with Crippen LogP contribution in [0.2, 0.25) is 0 Å². The van der Waals surface area contributed by atoms with Crippen molar-refractivity contribution in [1.82, 2.24) is 4.98 Å². The number of benzene rings is 2. The van der Waals surface area contributed by atoms with Crippen LogP contribution in [0.1, 0.15) is 10.4 Å². The lowest BCUT2D eigenvalue weighted by atomic mass is 10.1. The number of hydrogen-bond acceptors (Lipinski definition) is 3. The maximum Gasteiger partial charge on any atom is 0.338 e. The zero-order chi connectivity index (χ0) is 14.8. The summed E-state index contributed by atoms with van der Waals surface area (Å²) in [5.41, 5.74) is 0.694. The van der Waals surface area contributed by atoms with Gasteiger partial charge in [0.25, 0.3) is 5.56 Å². The maximum absolute atomic E-state index is 12.2. The zero-order valence-corrected chi connectivity index (χ0v) is 11.0. The third kappa shape index (κ3) is 2.36. The fourth-order valence-corrected chi connectivity index (χ4v) is 2.25. The molecule has 2 aromatic carbocycles. The van der Waals surface area contributed by atoms with Crippen LogP contribution in [-0.2, 0) is 0 Å². The number of anilines is 2. The lowest BCUT2D eigenvalue weighted by molar-refractivity contribution is 0.0700. The second-order valence-corrected chi connectivity index (χ2v) is 4.55. The Labute approximate surface area is 119 Å². The van der Waals surface area contributed by atoms with Crippen LogP contribution in [0, 0.1) is 0 Å². The van der Waals surface area contributed by atoms with Gasteiger partial charge in [0.15, 0.2) is 0 Å². The second-order valence-electron chi connectivity index (χ2n) is 4.55. The molecule has 1 heterocycles. The van der Waals surface area contributed by atoms with E-state index in [1.807, 2.05) is 6.07 Å². The summed E-state index contributed by atoms with van der Waals surface area (Å²) in [6.07, 6.45) is 0. The molecule has 3 aromatic rings. The molecule has 0 saturated carbocycles. The number of aromatic carboxylic acids is 1. The van der Waals surface area contributed by atoms with E-state index in [1.54, 1.807) is 48.5 Å². The predicted molar refractivity (Wildman–Crippen MR) is 81.3 cm³/mol. The quantitative estimate of drug-likeness (QED) is 0.689. The van der Waals surface area contributed by atoms with E-state index in [2.05, 4.69) is 10.3 Å². The van der Waals surface area contributed by atoms with Gasteiger partial charge in [0, 0.05) is 16.6 Å². The minimum absolute atomic E-state index is 0.0294. The first kappa shape index (κ1) is 12.9. The van der Waals surface area contributed by atoms with Gasteiger partial charge in [0.1, 0.15) is 5.69 Å². The Kier molecular flexibility index (Phi) is 3.16. The summed E-state index contributed by atoms with van der Waals surface area (Å²) in [5.74, 6) is -1.14. The Morgan fingerprint density at radius 2 is 1.67 bits per heavy atom. The van der Waals surface area contributed by atoms with Crippen molar-refractivity contribution in [2.45, 2.75) is 0 Å². The molecule has 0 aliphatic carbocycles. The molecule has 3 rings (SSSR count). The molecule has 21 heavy (non-hydrogen) atoms. The highest BCUT2D eigenvalue weighted by atomic mass is 16.4. The highest BCUT2D eigenvalue weighted by Gasteiger charge is 2.18. The predicted octanol–water partition coefficient (Wildman–Crippen LogP) is 2.97. The summed E-state index contributed by atoms with van der Waals surface area (Å²) in [5, 5.41) is 12.9. The summed E-state index contributed by atoms with van der Waals surface area (Å²) in [4.78, 5) is 26.5. The van der Waals surface area contributed by atoms with Crippen molar-refractivity contribution in [3.05, 3.63) is 70.5 Å². The molecule has 0 spiro atoms. The van der Waals surface area contributed by atoms with E-state index in [0.29, 0.717) is 16.6 Å². The van der Waals surface area contributed by atoms with E-state index in [0.717, 1.165) is 0 Å². The number of carboxylic acids is 1. The normalized spacial score (nSPS) is 10.5. The van der Waals surface area contributed by atoms with Crippen LogP contribution in [0.15, 0.2) is 59.4 Å². The summed E-state index contributed by atoms with van der Waals surface area (Å²) < 4.78 is 0. The van der Waals surface area contributed by atoms with Crippen LogP contribution in [0.3, 0.4) is 0 Å². The van der Waals surface area contributed by atoms with Gasteiger partial charge in [-0.1, -0.05) is 36.4 Å². The first-order valence-corrected chi connectivity index (χ1v) is 6.37. The number of aromatic nitrogens is 1. The van der Waals surface area contributed by atoms with E-state index < -0.39 is 11.5 Å². The van der Waals surface area contributed by atoms with E-state index in [9.17, 15) is 14.7 Å². The van der Waals surface area contributed by atoms with E-state index in [-0.39, 0.29) is 11.3 Å². The molecule has 1 aromatic heterocycles. The fraction of sp³-hybridized carbons (Fsp3) is 0. The number of carboxylic acid groups (broad SMARTS) is 1. The third-order valence-electron chi connectivity index (χ3n) is 3.18. The summed E-state index contributed by atoms with van der Waals surface area (Å²) in [6, 6.07) is 15.8. The van der Waals surface area contributed by atoms with Crippen LogP contribution < -0.4 is 10.9 Å². The lowest BCUT2D eigenvalue weighted by Gasteiger charge is -2.11. The van der Waals surface area contributed by atoms with Crippen LogP contribution in [0.4, 0.5) is 11.4 Å². The van der Waals surface area contributed by atoms with Gasteiger partial charge in [-0.05, 0) is 18.2 Å². The molecular weight excluding hydrogens is 268 g/mol. The summed E-state index contributed by atoms with van der Waals surface area (Å²) in [7, 11) is 0. The number of nitrogens with one attached hydrogen (secondary N) is 2. The van der Waals surface area contributed by atoms with Crippen molar-refractivity contribution in [3.63, 3.8) is 0 Å². The molecule has 0 unspecified atom stereocenters. The molecule has 5 nitrogen and oxygen atoms in total. The van der Waals surface area contributed by atoms with Gasteiger partial charge >= 0.3 is 5.97 Å². The molecule has 0 bridgehead atoms. The van der Waals surface area contributed by atoms with Crippen LogP contribution >= 0.6 is 0 Å².